The maximum Gasteiger partial charge on any atom is 0.238 e. The molecule has 2 fully saturated rings. The van der Waals surface area contributed by atoms with Gasteiger partial charge >= 0.3 is 0 Å². The first kappa shape index (κ1) is 12.8. The number of rotatable bonds is 2. The first-order valence-corrected chi connectivity index (χ1v) is 6.64. The van der Waals surface area contributed by atoms with Gasteiger partial charge in [0.1, 0.15) is 5.54 Å². The number of carbonyl (C=O) groups is 1. The molecule has 1 amide bonds. The Kier molecular flexibility index (Phi) is 4.01. The Hall–Kier alpha value is -0.650. The minimum atomic E-state index is -0.433. The van der Waals surface area contributed by atoms with E-state index >= 15 is 0 Å². The zero-order chi connectivity index (χ0) is 12.3. The summed E-state index contributed by atoms with van der Waals surface area (Å²) >= 11 is 0. The van der Waals surface area contributed by atoms with Crippen molar-refractivity contribution in [2.75, 3.05) is 39.3 Å². The highest BCUT2D eigenvalue weighted by atomic mass is 16.1. The molecule has 17 heavy (non-hydrogen) atoms. The molecule has 0 radical (unpaired) electrons. The van der Waals surface area contributed by atoms with Crippen molar-refractivity contribution >= 4 is 5.91 Å². The normalized spacial score (nSPS) is 36.4. The summed E-state index contributed by atoms with van der Waals surface area (Å²) in [5.41, 5.74) is 5.31. The summed E-state index contributed by atoms with van der Waals surface area (Å²) in [7, 11) is 0. The summed E-state index contributed by atoms with van der Waals surface area (Å²) in [5.74, 6) is 0.139. The average molecular weight is 240 g/mol. The molecule has 2 heterocycles. The zero-order valence-corrected chi connectivity index (χ0v) is 10.7. The van der Waals surface area contributed by atoms with Gasteiger partial charge in [0.25, 0.3) is 0 Å². The van der Waals surface area contributed by atoms with Gasteiger partial charge in [-0.25, -0.2) is 0 Å². The number of nitrogens with zero attached hydrogens (tertiary/aromatic N) is 1. The van der Waals surface area contributed by atoms with E-state index in [1.165, 1.54) is 0 Å². The lowest BCUT2D eigenvalue weighted by Gasteiger charge is -2.48. The molecule has 0 aromatic heterocycles. The van der Waals surface area contributed by atoms with Crippen molar-refractivity contribution in [2.45, 2.75) is 25.3 Å². The highest BCUT2D eigenvalue weighted by Gasteiger charge is 2.48. The largest absolute Gasteiger partial charge is 0.368 e. The maximum absolute atomic E-state index is 12.0. The van der Waals surface area contributed by atoms with Crippen molar-refractivity contribution in [3.05, 3.63) is 0 Å². The second-order valence-electron chi connectivity index (χ2n) is 5.23. The molecule has 0 spiro atoms. The third kappa shape index (κ3) is 2.32. The molecule has 0 aromatic rings. The fourth-order valence-electron chi connectivity index (χ4n) is 3.25. The van der Waals surface area contributed by atoms with Crippen molar-refractivity contribution in [3.63, 3.8) is 0 Å². The molecule has 4 N–H and O–H groups in total. The van der Waals surface area contributed by atoms with Crippen molar-refractivity contribution in [2.24, 2.45) is 11.7 Å². The van der Waals surface area contributed by atoms with Gasteiger partial charge in [0.2, 0.25) is 5.91 Å². The summed E-state index contributed by atoms with van der Waals surface area (Å²) in [6.45, 7) is 7.79. The van der Waals surface area contributed by atoms with Crippen LogP contribution in [0.3, 0.4) is 0 Å². The predicted octanol–water partition coefficient (Wildman–Crippen LogP) is -0.865. The second kappa shape index (κ2) is 5.33. The summed E-state index contributed by atoms with van der Waals surface area (Å²) < 4.78 is 0. The standard InChI is InChI=1S/C12H24N4O/c1-10-9-15-5-3-12(10,11(13)17)16-7-2-4-14-6-8-16/h10,14-15H,2-9H2,1H3,(H2,13,17). The van der Waals surface area contributed by atoms with Crippen molar-refractivity contribution in [1.29, 1.82) is 0 Å². The van der Waals surface area contributed by atoms with Crippen LogP contribution in [0, 0.1) is 5.92 Å². The summed E-state index contributed by atoms with van der Waals surface area (Å²) in [4.78, 5) is 14.4. The number of hydrogen-bond donors (Lipinski definition) is 3. The topological polar surface area (TPSA) is 70.4 Å². The monoisotopic (exact) mass is 240 g/mol. The van der Waals surface area contributed by atoms with E-state index in [4.69, 9.17) is 5.73 Å². The number of primary amides is 1. The molecule has 0 aromatic carbocycles. The molecule has 2 unspecified atom stereocenters. The number of piperidine rings is 1. The molecule has 0 aliphatic carbocycles. The molecule has 5 nitrogen and oxygen atoms in total. The molecule has 2 saturated heterocycles. The molecule has 2 rings (SSSR count). The zero-order valence-electron chi connectivity index (χ0n) is 10.7. The number of amides is 1. The van der Waals surface area contributed by atoms with Crippen molar-refractivity contribution in [1.82, 2.24) is 15.5 Å². The maximum atomic E-state index is 12.0. The minimum Gasteiger partial charge on any atom is -0.368 e. The van der Waals surface area contributed by atoms with Crippen LogP contribution in [0.5, 0.6) is 0 Å². The van der Waals surface area contributed by atoms with E-state index in [2.05, 4.69) is 22.5 Å². The van der Waals surface area contributed by atoms with Crippen LogP contribution in [0.2, 0.25) is 0 Å². The van der Waals surface area contributed by atoms with Gasteiger partial charge in [-0.2, -0.15) is 0 Å². The van der Waals surface area contributed by atoms with E-state index in [0.717, 1.165) is 52.1 Å². The summed E-state index contributed by atoms with van der Waals surface area (Å²) in [5, 5.41) is 6.73. The molecule has 0 saturated carbocycles. The Morgan fingerprint density at radius 3 is 2.82 bits per heavy atom. The number of hydrogen-bond acceptors (Lipinski definition) is 4. The average Bonchev–Trinajstić information content (AvgIpc) is 2.58. The van der Waals surface area contributed by atoms with Gasteiger partial charge in [-0.05, 0) is 38.4 Å². The van der Waals surface area contributed by atoms with Crippen molar-refractivity contribution < 1.29 is 4.79 Å². The lowest BCUT2D eigenvalue weighted by atomic mass is 9.77. The minimum absolute atomic E-state index is 0.145. The second-order valence-corrected chi connectivity index (χ2v) is 5.23. The lowest BCUT2D eigenvalue weighted by Crippen LogP contribution is -2.66. The van der Waals surface area contributed by atoms with E-state index in [1.54, 1.807) is 0 Å². The Morgan fingerprint density at radius 1 is 1.29 bits per heavy atom. The SMILES string of the molecule is CC1CNCCC1(C(N)=O)N1CCCNCC1. The number of nitrogens with two attached hydrogens (primary N) is 1. The first-order chi connectivity index (χ1) is 8.18. The number of carbonyl (C=O) groups excluding carboxylic acids is 1. The molecule has 2 aliphatic heterocycles. The van der Waals surface area contributed by atoms with Crippen LogP contribution in [0.1, 0.15) is 19.8 Å². The Labute approximate surface area is 103 Å². The van der Waals surface area contributed by atoms with Gasteiger partial charge in [0.05, 0.1) is 0 Å². The lowest BCUT2D eigenvalue weighted by molar-refractivity contribution is -0.135. The fourth-order valence-corrected chi connectivity index (χ4v) is 3.25. The molecule has 2 atom stereocenters. The number of nitrogens with one attached hydrogen (secondary N) is 2. The smallest absolute Gasteiger partial charge is 0.238 e. The van der Waals surface area contributed by atoms with Crippen LogP contribution >= 0.6 is 0 Å². The molecule has 0 bridgehead atoms. The van der Waals surface area contributed by atoms with Gasteiger partial charge in [-0.15, -0.1) is 0 Å². The molecule has 5 heteroatoms. The van der Waals surface area contributed by atoms with Crippen LogP contribution in [0.15, 0.2) is 0 Å². The Morgan fingerprint density at radius 2 is 2.12 bits per heavy atom. The van der Waals surface area contributed by atoms with Crippen LogP contribution < -0.4 is 16.4 Å². The van der Waals surface area contributed by atoms with Gasteiger partial charge in [0.15, 0.2) is 0 Å². The van der Waals surface area contributed by atoms with E-state index in [1.807, 2.05) is 0 Å². The summed E-state index contributed by atoms with van der Waals surface area (Å²) in [6, 6.07) is 0. The van der Waals surface area contributed by atoms with Gasteiger partial charge < -0.3 is 16.4 Å². The third-order valence-corrected chi connectivity index (χ3v) is 4.28. The Balaban J connectivity index is 2.22. The van der Waals surface area contributed by atoms with Gasteiger partial charge in [-0.3, -0.25) is 9.69 Å². The van der Waals surface area contributed by atoms with Gasteiger partial charge in [-0.1, -0.05) is 6.92 Å². The highest BCUT2D eigenvalue weighted by molar-refractivity contribution is 5.85. The van der Waals surface area contributed by atoms with Gasteiger partial charge in [0, 0.05) is 19.6 Å². The van der Waals surface area contributed by atoms with E-state index in [0.29, 0.717) is 0 Å². The highest BCUT2D eigenvalue weighted by Crippen LogP contribution is 2.31. The molecular weight excluding hydrogens is 216 g/mol. The third-order valence-electron chi connectivity index (χ3n) is 4.28. The van der Waals surface area contributed by atoms with Crippen LogP contribution in [-0.4, -0.2) is 55.6 Å². The summed E-state index contributed by atoms with van der Waals surface area (Å²) in [6.07, 6.45) is 1.93. The fraction of sp³-hybridized carbons (Fsp3) is 0.917. The Bertz CT molecular complexity index is 276. The predicted molar refractivity (Wildman–Crippen MR) is 67.6 cm³/mol. The molecular formula is C12H24N4O. The van der Waals surface area contributed by atoms with Crippen LogP contribution in [0.4, 0.5) is 0 Å². The quantitative estimate of drug-likeness (QED) is 0.587. The van der Waals surface area contributed by atoms with E-state index in [9.17, 15) is 4.79 Å². The first-order valence-electron chi connectivity index (χ1n) is 6.64. The molecule has 2 aliphatic rings. The van der Waals surface area contributed by atoms with E-state index in [-0.39, 0.29) is 11.8 Å². The van der Waals surface area contributed by atoms with Crippen LogP contribution in [-0.2, 0) is 4.79 Å². The van der Waals surface area contributed by atoms with Crippen LogP contribution in [0.25, 0.3) is 0 Å². The molecule has 98 valence electrons. The van der Waals surface area contributed by atoms with E-state index < -0.39 is 5.54 Å². The van der Waals surface area contributed by atoms with Crippen molar-refractivity contribution in [3.8, 4) is 0 Å².